The zero-order valence-electron chi connectivity index (χ0n) is 7.39. The Morgan fingerprint density at radius 2 is 2.00 bits per heavy atom. The molecular weight excluding hydrogens is 139 g/mol. The summed E-state index contributed by atoms with van der Waals surface area (Å²) in [6.07, 6.45) is 0.979. The first-order chi connectivity index (χ1) is 4.50. The molecule has 0 aromatic rings. The van der Waals surface area contributed by atoms with Crippen LogP contribution in [0.15, 0.2) is 0 Å². The molecule has 1 N–H and O–H groups in total. The topological polar surface area (TPSA) is 60.4 Å². The molecule has 0 bridgehead atoms. The van der Waals surface area contributed by atoms with E-state index in [1.54, 1.807) is 13.8 Å². The number of carboxylic acid groups (broad SMARTS) is 1. The van der Waals surface area contributed by atoms with Gasteiger partial charge in [0, 0.05) is 18.0 Å². The molecule has 0 amide bonds. The molecule has 60 valence electrons. The third kappa shape index (κ3) is 5.31. The number of aliphatic hydroxyl groups excluding tert-OH is 1. The van der Waals surface area contributed by atoms with Crippen molar-refractivity contribution < 1.29 is 33.9 Å². The van der Waals surface area contributed by atoms with Gasteiger partial charge in [0.2, 0.25) is 0 Å². The van der Waals surface area contributed by atoms with Crippen molar-refractivity contribution in [3.8, 4) is 0 Å². The van der Waals surface area contributed by atoms with Gasteiger partial charge in [0.1, 0.15) is 0 Å². The third-order valence-corrected chi connectivity index (χ3v) is 1.51. The molecule has 4 heteroatoms. The Morgan fingerprint density at radius 3 is 2.27 bits per heavy atom. The van der Waals surface area contributed by atoms with Crippen LogP contribution >= 0.6 is 0 Å². The first kappa shape index (κ1) is 13.6. The summed E-state index contributed by atoms with van der Waals surface area (Å²) in [5, 5.41) is 18.7. The number of aliphatic hydroxyl groups is 1. The molecule has 0 fully saturated rings. The van der Waals surface area contributed by atoms with Crippen molar-refractivity contribution in [3.63, 3.8) is 0 Å². The smallest absolute Gasteiger partial charge is 0.550 e. The summed E-state index contributed by atoms with van der Waals surface area (Å²) < 4.78 is 0. The van der Waals surface area contributed by atoms with Crippen molar-refractivity contribution in [2.45, 2.75) is 26.7 Å². The first-order valence-electron chi connectivity index (χ1n) is 3.33. The van der Waals surface area contributed by atoms with E-state index >= 15 is 0 Å². The monoisotopic (exact) mass is 152 g/mol. The van der Waals surface area contributed by atoms with Gasteiger partial charge in [-0.05, 0) is 12.8 Å². The zero-order chi connectivity index (χ0) is 8.20. The molecule has 0 saturated carbocycles. The average molecular weight is 152 g/mol. The molecule has 0 aliphatic rings. The van der Waals surface area contributed by atoms with E-state index in [-0.39, 0.29) is 25.5 Å². The minimum atomic E-state index is -1.05. The predicted octanol–water partition coefficient (Wildman–Crippen LogP) is -3.46. The second-order valence-corrected chi connectivity index (χ2v) is 3.00. The van der Waals surface area contributed by atoms with E-state index in [1.165, 1.54) is 0 Å². The molecule has 0 saturated heterocycles. The minimum absolute atomic E-state index is 0. The van der Waals surface area contributed by atoms with E-state index < -0.39 is 11.4 Å². The van der Waals surface area contributed by atoms with Crippen LogP contribution in [0.2, 0.25) is 0 Å². The van der Waals surface area contributed by atoms with Gasteiger partial charge >= 0.3 is 18.9 Å². The summed E-state index contributed by atoms with van der Waals surface area (Å²) in [6.45, 7) is 3.23. The SMILES string of the molecule is CC(C)(CCCO)C(=O)[O-].[Li+]. The summed E-state index contributed by atoms with van der Waals surface area (Å²) >= 11 is 0. The van der Waals surface area contributed by atoms with Crippen molar-refractivity contribution >= 4 is 5.97 Å². The Bertz CT molecular complexity index is 123. The number of aliphatic carboxylic acids is 1. The molecule has 0 rings (SSSR count). The van der Waals surface area contributed by atoms with Crippen LogP contribution in [0.25, 0.3) is 0 Å². The molecule has 0 spiro atoms. The summed E-state index contributed by atoms with van der Waals surface area (Å²) in [6, 6.07) is 0. The maximum absolute atomic E-state index is 10.3. The molecule has 0 aliphatic carbocycles. The zero-order valence-corrected chi connectivity index (χ0v) is 7.39. The van der Waals surface area contributed by atoms with Gasteiger partial charge in [-0.3, -0.25) is 0 Å². The summed E-state index contributed by atoms with van der Waals surface area (Å²) in [5.74, 6) is -1.05. The third-order valence-electron chi connectivity index (χ3n) is 1.51. The van der Waals surface area contributed by atoms with Crippen LogP contribution in [0.5, 0.6) is 0 Å². The minimum Gasteiger partial charge on any atom is -0.550 e. The van der Waals surface area contributed by atoms with Crippen LogP contribution in [0.1, 0.15) is 26.7 Å². The number of carboxylic acids is 1. The van der Waals surface area contributed by atoms with E-state index in [0.717, 1.165) is 0 Å². The van der Waals surface area contributed by atoms with Crippen LogP contribution in [0.4, 0.5) is 0 Å². The Hall–Kier alpha value is 0.0274. The molecule has 11 heavy (non-hydrogen) atoms. The second kappa shape index (κ2) is 5.65. The average Bonchev–Trinajstić information content (AvgIpc) is 1.84. The van der Waals surface area contributed by atoms with Gasteiger partial charge < -0.3 is 15.0 Å². The number of hydrogen-bond donors (Lipinski definition) is 1. The first-order valence-corrected chi connectivity index (χ1v) is 3.33. The Kier molecular flexibility index (Phi) is 6.99. The van der Waals surface area contributed by atoms with Gasteiger partial charge in [0.15, 0.2) is 0 Å². The molecule has 0 aliphatic heterocycles. The molecule has 0 atom stereocenters. The standard InChI is InChI=1S/C7H14O3.Li/c1-7(2,6(9)10)4-3-5-8;/h8H,3-5H2,1-2H3,(H,9,10);/q;+1/p-1. The van der Waals surface area contributed by atoms with Crippen LogP contribution in [-0.4, -0.2) is 17.7 Å². The van der Waals surface area contributed by atoms with E-state index in [9.17, 15) is 9.90 Å². The molecule has 0 aromatic carbocycles. The van der Waals surface area contributed by atoms with Gasteiger partial charge in [0.25, 0.3) is 0 Å². The van der Waals surface area contributed by atoms with Gasteiger partial charge in [-0.2, -0.15) is 0 Å². The number of carbonyl (C=O) groups is 1. The quantitative estimate of drug-likeness (QED) is 0.426. The fourth-order valence-corrected chi connectivity index (χ4v) is 0.623. The van der Waals surface area contributed by atoms with Gasteiger partial charge in [-0.15, -0.1) is 0 Å². The predicted molar refractivity (Wildman–Crippen MR) is 35.1 cm³/mol. The molecule has 3 nitrogen and oxygen atoms in total. The van der Waals surface area contributed by atoms with E-state index in [1.807, 2.05) is 0 Å². The largest absolute Gasteiger partial charge is 1.00 e. The van der Waals surface area contributed by atoms with Crippen molar-refractivity contribution in [2.24, 2.45) is 5.41 Å². The van der Waals surface area contributed by atoms with Crippen molar-refractivity contribution in [2.75, 3.05) is 6.61 Å². The number of rotatable bonds is 4. The fourth-order valence-electron chi connectivity index (χ4n) is 0.623. The molecule has 0 unspecified atom stereocenters. The molecule has 0 heterocycles. The van der Waals surface area contributed by atoms with Crippen LogP contribution in [-0.2, 0) is 4.79 Å². The molecule has 0 aromatic heterocycles. The maximum Gasteiger partial charge on any atom is 1.00 e. The number of carbonyl (C=O) groups excluding carboxylic acids is 1. The summed E-state index contributed by atoms with van der Waals surface area (Å²) in [4.78, 5) is 10.3. The van der Waals surface area contributed by atoms with Crippen LogP contribution in [0, 0.1) is 5.41 Å². The van der Waals surface area contributed by atoms with Gasteiger partial charge in [-0.25, -0.2) is 0 Å². The summed E-state index contributed by atoms with van der Waals surface area (Å²) in [5.41, 5.74) is -0.803. The normalized spacial score (nSPS) is 10.5. The second-order valence-electron chi connectivity index (χ2n) is 3.00. The van der Waals surface area contributed by atoms with Crippen LogP contribution in [0.3, 0.4) is 0 Å². The van der Waals surface area contributed by atoms with Crippen molar-refractivity contribution in [3.05, 3.63) is 0 Å². The molecular formula is C7H13LiO3. The Labute approximate surface area is 79.0 Å². The van der Waals surface area contributed by atoms with Crippen LogP contribution < -0.4 is 24.0 Å². The van der Waals surface area contributed by atoms with Gasteiger partial charge in [0.05, 0.1) is 0 Å². The summed E-state index contributed by atoms with van der Waals surface area (Å²) in [7, 11) is 0. The van der Waals surface area contributed by atoms with Crippen molar-refractivity contribution in [1.29, 1.82) is 0 Å². The number of hydrogen-bond acceptors (Lipinski definition) is 3. The Balaban J connectivity index is 0. The molecule has 0 radical (unpaired) electrons. The van der Waals surface area contributed by atoms with Crippen molar-refractivity contribution in [1.82, 2.24) is 0 Å². The maximum atomic E-state index is 10.3. The van der Waals surface area contributed by atoms with E-state index in [0.29, 0.717) is 12.8 Å². The fraction of sp³-hybridized carbons (Fsp3) is 0.857. The van der Waals surface area contributed by atoms with E-state index in [2.05, 4.69) is 0 Å². The Morgan fingerprint density at radius 1 is 1.55 bits per heavy atom. The van der Waals surface area contributed by atoms with Gasteiger partial charge in [-0.1, -0.05) is 13.8 Å². The van der Waals surface area contributed by atoms with E-state index in [4.69, 9.17) is 5.11 Å².